The van der Waals surface area contributed by atoms with Crippen molar-refractivity contribution >= 4 is 57.8 Å². The minimum Gasteiger partial charge on any atom is -0.211 e. The van der Waals surface area contributed by atoms with E-state index in [0.717, 1.165) is 29.1 Å². The summed E-state index contributed by atoms with van der Waals surface area (Å²) in [6, 6.07) is 5.14. The van der Waals surface area contributed by atoms with Crippen LogP contribution < -0.4 is 4.72 Å². The van der Waals surface area contributed by atoms with Gasteiger partial charge in [0.15, 0.2) is 0 Å². The second-order valence-corrected chi connectivity index (χ2v) is 9.14. The number of hydrogen-bond acceptors (Lipinski definition) is 2. The fourth-order valence-corrected chi connectivity index (χ4v) is 5.40. The molecule has 0 amide bonds. The minimum atomic E-state index is -3.47. The normalized spacial score (nSPS) is 17.4. The average Bonchev–Trinajstić information content (AvgIpc) is 3.11. The number of halogens is 3. The molecule has 1 saturated carbocycles. The lowest BCUT2D eigenvalue weighted by Crippen LogP contribution is -2.30. The van der Waals surface area contributed by atoms with E-state index >= 15 is 0 Å². The van der Waals surface area contributed by atoms with Crippen LogP contribution in [-0.4, -0.2) is 20.3 Å². The van der Waals surface area contributed by atoms with E-state index < -0.39 is 10.0 Å². The van der Waals surface area contributed by atoms with Crippen molar-refractivity contribution in [1.82, 2.24) is 4.72 Å². The Kier molecular flexibility index (Phi) is 5.15. The Morgan fingerprint density at radius 3 is 2.53 bits per heavy atom. The van der Waals surface area contributed by atoms with Crippen LogP contribution >= 0.6 is 47.8 Å². The summed E-state index contributed by atoms with van der Waals surface area (Å²) in [5.41, 5.74) is 0.162. The zero-order chi connectivity index (χ0) is 14.1. The molecule has 1 fully saturated rings. The molecule has 1 aromatic rings. The predicted molar refractivity (Wildman–Crippen MR) is 87.1 cm³/mol. The van der Waals surface area contributed by atoms with E-state index in [0.29, 0.717) is 11.0 Å². The molecule has 0 atom stereocenters. The summed E-state index contributed by atoms with van der Waals surface area (Å²) in [5.74, 6) is 0. The summed E-state index contributed by atoms with van der Waals surface area (Å²) in [6.45, 7) is 0.514. The molecule has 0 aliphatic heterocycles. The molecule has 2 rings (SSSR count). The van der Waals surface area contributed by atoms with Crippen LogP contribution in [-0.2, 0) is 10.0 Å². The van der Waals surface area contributed by atoms with Crippen LogP contribution in [0, 0.1) is 5.41 Å². The van der Waals surface area contributed by atoms with Crippen LogP contribution in [0.15, 0.2) is 32.0 Å². The molecule has 3 nitrogen and oxygen atoms in total. The molecule has 0 radical (unpaired) electrons. The van der Waals surface area contributed by atoms with E-state index in [9.17, 15) is 8.42 Å². The Labute approximate surface area is 139 Å². The Hall–Kier alpha value is 0.570. The van der Waals surface area contributed by atoms with Gasteiger partial charge in [-0.3, -0.25) is 0 Å². The Morgan fingerprint density at radius 1 is 1.26 bits per heavy atom. The average molecular weight is 476 g/mol. The monoisotopic (exact) mass is 473 g/mol. The van der Waals surface area contributed by atoms with Crippen molar-refractivity contribution in [2.45, 2.75) is 24.2 Å². The van der Waals surface area contributed by atoms with E-state index in [-0.39, 0.29) is 10.3 Å². The number of sulfonamides is 1. The highest BCUT2D eigenvalue weighted by Crippen LogP contribution is 2.48. The van der Waals surface area contributed by atoms with Gasteiger partial charge < -0.3 is 0 Å². The molecule has 19 heavy (non-hydrogen) atoms. The smallest absolute Gasteiger partial charge is 0.211 e. The lowest BCUT2D eigenvalue weighted by molar-refractivity contribution is 0.480. The standard InChI is InChI=1S/C12H14Br3NO2S/c13-6-5-12(3-4-12)8-16-19(17,18)11-7-9(14)1-2-10(11)15/h1-2,7,16H,3-6,8H2. The zero-order valence-electron chi connectivity index (χ0n) is 10.1. The van der Waals surface area contributed by atoms with Crippen molar-refractivity contribution in [2.24, 2.45) is 5.41 Å². The highest BCUT2D eigenvalue weighted by Gasteiger charge is 2.42. The van der Waals surface area contributed by atoms with Crippen LogP contribution in [0.1, 0.15) is 19.3 Å². The maximum Gasteiger partial charge on any atom is 0.241 e. The lowest BCUT2D eigenvalue weighted by atomic mass is 10.1. The first-order valence-electron chi connectivity index (χ1n) is 5.89. The van der Waals surface area contributed by atoms with Gasteiger partial charge >= 0.3 is 0 Å². The fraction of sp³-hybridized carbons (Fsp3) is 0.500. The second kappa shape index (κ2) is 6.13. The summed E-state index contributed by atoms with van der Waals surface area (Å²) in [6.07, 6.45) is 3.21. The third kappa shape index (κ3) is 4.03. The van der Waals surface area contributed by atoms with Crippen molar-refractivity contribution < 1.29 is 8.42 Å². The van der Waals surface area contributed by atoms with Crippen LogP contribution in [0.4, 0.5) is 0 Å². The first kappa shape index (κ1) is 15.9. The third-order valence-corrected chi connectivity index (χ3v) is 6.69. The molecular weight excluding hydrogens is 462 g/mol. The van der Waals surface area contributed by atoms with E-state index in [1.165, 1.54) is 0 Å². The van der Waals surface area contributed by atoms with Gasteiger partial charge in [0.05, 0.1) is 4.90 Å². The fourth-order valence-electron chi connectivity index (χ4n) is 1.90. The first-order valence-corrected chi connectivity index (χ1v) is 10.1. The molecule has 1 aromatic carbocycles. The third-order valence-electron chi connectivity index (χ3n) is 3.40. The number of rotatable bonds is 6. The molecule has 0 unspecified atom stereocenters. The van der Waals surface area contributed by atoms with Crippen LogP contribution in [0.2, 0.25) is 0 Å². The van der Waals surface area contributed by atoms with Crippen molar-refractivity contribution in [3.05, 3.63) is 27.1 Å². The van der Waals surface area contributed by atoms with Crippen LogP contribution in [0.3, 0.4) is 0 Å². The van der Waals surface area contributed by atoms with Gasteiger partial charge in [-0.15, -0.1) is 0 Å². The largest absolute Gasteiger partial charge is 0.241 e. The highest BCUT2D eigenvalue weighted by atomic mass is 79.9. The Bertz CT molecular complexity index is 570. The summed E-state index contributed by atoms with van der Waals surface area (Å²) < 4.78 is 28.7. The van der Waals surface area contributed by atoms with Gasteiger partial charge in [-0.25, -0.2) is 13.1 Å². The molecule has 0 bridgehead atoms. The number of benzene rings is 1. The summed E-state index contributed by atoms with van der Waals surface area (Å²) in [4.78, 5) is 0.275. The van der Waals surface area contributed by atoms with E-state index in [1.807, 2.05) is 0 Å². The number of nitrogens with one attached hydrogen (secondary N) is 1. The van der Waals surface area contributed by atoms with Gasteiger partial charge in [-0.05, 0) is 58.8 Å². The van der Waals surface area contributed by atoms with E-state index in [1.54, 1.807) is 18.2 Å². The molecule has 1 aliphatic rings. The molecular formula is C12H14Br3NO2S. The maximum absolute atomic E-state index is 12.3. The van der Waals surface area contributed by atoms with E-state index in [2.05, 4.69) is 52.5 Å². The molecule has 106 valence electrons. The van der Waals surface area contributed by atoms with Gasteiger partial charge in [-0.1, -0.05) is 31.9 Å². The van der Waals surface area contributed by atoms with Gasteiger partial charge in [-0.2, -0.15) is 0 Å². The topological polar surface area (TPSA) is 46.2 Å². The predicted octanol–water partition coefficient (Wildman–Crippen LogP) is 4.06. The number of hydrogen-bond donors (Lipinski definition) is 1. The Balaban J connectivity index is 2.12. The quantitative estimate of drug-likeness (QED) is 0.631. The molecule has 0 saturated heterocycles. The van der Waals surface area contributed by atoms with E-state index in [4.69, 9.17) is 0 Å². The molecule has 0 spiro atoms. The van der Waals surface area contributed by atoms with Crippen LogP contribution in [0.5, 0.6) is 0 Å². The maximum atomic E-state index is 12.3. The second-order valence-electron chi connectivity index (χ2n) is 4.84. The molecule has 1 N–H and O–H groups in total. The molecule has 0 aromatic heterocycles. The lowest BCUT2D eigenvalue weighted by Gasteiger charge is -2.15. The van der Waals surface area contributed by atoms with Crippen molar-refractivity contribution in [3.8, 4) is 0 Å². The number of alkyl halides is 1. The zero-order valence-corrected chi connectivity index (χ0v) is 15.7. The summed E-state index contributed by atoms with van der Waals surface area (Å²) in [7, 11) is -3.47. The summed E-state index contributed by atoms with van der Waals surface area (Å²) in [5, 5.41) is 0.912. The summed E-state index contributed by atoms with van der Waals surface area (Å²) >= 11 is 10.0. The minimum absolute atomic E-state index is 0.162. The molecule has 1 aliphatic carbocycles. The van der Waals surface area contributed by atoms with Gasteiger partial charge in [0, 0.05) is 20.8 Å². The van der Waals surface area contributed by atoms with Crippen LogP contribution in [0.25, 0.3) is 0 Å². The molecule has 7 heteroatoms. The van der Waals surface area contributed by atoms with Crippen molar-refractivity contribution in [3.63, 3.8) is 0 Å². The Morgan fingerprint density at radius 2 is 1.95 bits per heavy atom. The van der Waals surface area contributed by atoms with Crippen molar-refractivity contribution in [2.75, 3.05) is 11.9 Å². The van der Waals surface area contributed by atoms with Gasteiger partial charge in [0.2, 0.25) is 10.0 Å². The first-order chi connectivity index (χ1) is 8.88. The SMILES string of the molecule is O=S(=O)(NCC1(CCBr)CC1)c1cc(Br)ccc1Br. The highest BCUT2D eigenvalue weighted by molar-refractivity contribution is 9.11. The van der Waals surface area contributed by atoms with Gasteiger partial charge in [0.25, 0.3) is 0 Å². The van der Waals surface area contributed by atoms with Gasteiger partial charge in [0.1, 0.15) is 0 Å². The van der Waals surface area contributed by atoms with Crippen molar-refractivity contribution in [1.29, 1.82) is 0 Å². The molecule has 0 heterocycles.